The van der Waals surface area contributed by atoms with Crippen LogP contribution in [-0.2, 0) is 10.6 Å². The first kappa shape index (κ1) is 11.8. The third-order valence-corrected chi connectivity index (χ3v) is 2.60. The first-order valence-electron chi connectivity index (χ1n) is 3.84. The van der Waals surface area contributed by atoms with E-state index in [1.54, 1.807) is 0 Å². The van der Waals surface area contributed by atoms with Crippen LogP contribution < -0.4 is 4.74 Å². The molecule has 1 aromatic rings. The van der Waals surface area contributed by atoms with E-state index in [0.717, 1.165) is 4.47 Å². The molecule has 0 fully saturated rings. The van der Waals surface area contributed by atoms with Gasteiger partial charge in [-0.25, -0.2) is 4.39 Å². The molecule has 0 aliphatic rings. The van der Waals surface area contributed by atoms with Crippen molar-refractivity contribution < 1.29 is 13.9 Å². The van der Waals surface area contributed by atoms with Gasteiger partial charge in [0.1, 0.15) is 0 Å². The molecule has 0 heterocycles. The molecule has 1 aromatic carbocycles. The van der Waals surface area contributed by atoms with Gasteiger partial charge in [0.25, 0.3) is 0 Å². The van der Waals surface area contributed by atoms with Crippen LogP contribution in [0.3, 0.4) is 0 Å². The summed E-state index contributed by atoms with van der Waals surface area (Å²) in [5.74, 6) is -0.0456. The first-order chi connectivity index (χ1) is 6.69. The highest BCUT2D eigenvalue weighted by Gasteiger charge is 2.08. The summed E-state index contributed by atoms with van der Waals surface area (Å²) in [4.78, 5) is 0. The number of methoxy groups -OCH3 is 1. The van der Waals surface area contributed by atoms with Gasteiger partial charge < -0.3 is 9.47 Å². The van der Waals surface area contributed by atoms with Crippen LogP contribution in [0.25, 0.3) is 0 Å². The third kappa shape index (κ3) is 2.83. The lowest BCUT2D eigenvalue weighted by molar-refractivity contribution is 0.0482. The quantitative estimate of drug-likeness (QED) is 0.623. The van der Waals surface area contributed by atoms with E-state index >= 15 is 0 Å². The molecule has 0 aliphatic carbocycles. The van der Waals surface area contributed by atoms with Gasteiger partial charge in [-0.3, -0.25) is 0 Å². The van der Waals surface area contributed by atoms with E-state index < -0.39 is 5.82 Å². The molecule has 0 aromatic heterocycles. The minimum absolute atomic E-state index is 0.0174. The summed E-state index contributed by atoms with van der Waals surface area (Å²) in [6, 6.07) is 2.87. The van der Waals surface area contributed by atoms with Crippen LogP contribution in [0.2, 0.25) is 0 Å². The summed E-state index contributed by atoms with van der Waals surface area (Å²) in [5.41, 5.74) is 0.689. The molecule has 78 valence electrons. The summed E-state index contributed by atoms with van der Waals surface area (Å²) in [6.07, 6.45) is 0. The predicted octanol–water partition coefficient (Wildman–Crippen LogP) is 3.31. The van der Waals surface area contributed by atoms with Gasteiger partial charge >= 0.3 is 0 Å². The maximum Gasteiger partial charge on any atom is 0.188 e. The second-order valence-electron chi connectivity index (χ2n) is 2.56. The lowest BCUT2D eigenvalue weighted by Crippen LogP contribution is -2.01. The van der Waals surface area contributed by atoms with Crippen molar-refractivity contribution in [2.45, 2.75) is 5.88 Å². The summed E-state index contributed by atoms with van der Waals surface area (Å²) in [5, 5.41) is 0. The Morgan fingerprint density at radius 3 is 2.79 bits per heavy atom. The molecule has 0 amide bonds. The Hall–Kier alpha value is -0.320. The first-order valence-corrected chi connectivity index (χ1v) is 5.17. The average Bonchev–Trinajstić information content (AvgIpc) is 2.18. The van der Waals surface area contributed by atoms with Crippen molar-refractivity contribution in [2.24, 2.45) is 0 Å². The number of hydrogen-bond acceptors (Lipinski definition) is 2. The molecule has 2 nitrogen and oxygen atoms in total. The van der Waals surface area contributed by atoms with Gasteiger partial charge in [-0.15, -0.1) is 11.6 Å². The van der Waals surface area contributed by atoms with E-state index in [9.17, 15) is 4.39 Å². The summed E-state index contributed by atoms with van der Waals surface area (Å²) >= 11 is 8.86. The van der Waals surface area contributed by atoms with Gasteiger partial charge in [-0.05, 0) is 17.7 Å². The van der Waals surface area contributed by atoms with Crippen molar-refractivity contribution in [3.63, 3.8) is 0 Å². The lowest BCUT2D eigenvalue weighted by Gasteiger charge is -2.08. The van der Waals surface area contributed by atoms with E-state index in [2.05, 4.69) is 20.7 Å². The number of benzene rings is 1. The van der Waals surface area contributed by atoms with Crippen molar-refractivity contribution in [1.29, 1.82) is 0 Å². The molecular formula is C9H9BrClFO2. The Morgan fingerprint density at radius 2 is 2.21 bits per heavy atom. The van der Waals surface area contributed by atoms with Gasteiger partial charge in [0.2, 0.25) is 0 Å². The Labute approximate surface area is 95.1 Å². The van der Waals surface area contributed by atoms with Crippen molar-refractivity contribution in [3.8, 4) is 5.75 Å². The Balaban J connectivity index is 2.90. The van der Waals surface area contributed by atoms with Crippen LogP contribution in [0.5, 0.6) is 5.75 Å². The smallest absolute Gasteiger partial charge is 0.188 e. The number of alkyl halides is 1. The van der Waals surface area contributed by atoms with Crippen LogP contribution in [-0.4, -0.2) is 13.9 Å². The van der Waals surface area contributed by atoms with Crippen molar-refractivity contribution in [3.05, 3.63) is 28.0 Å². The number of halogens is 3. The van der Waals surface area contributed by atoms with Crippen molar-refractivity contribution in [1.82, 2.24) is 0 Å². The van der Waals surface area contributed by atoms with E-state index in [1.165, 1.54) is 19.2 Å². The standard InChI is InChI=1S/C9H9BrClFO2/c1-13-5-14-9-3-7(10)6(4-11)2-8(9)12/h2-3H,4-5H2,1H3. The van der Waals surface area contributed by atoms with E-state index in [-0.39, 0.29) is 18.4 Å². The molecule has 0 aliphatic heterocycles. The fraction of sp³-hybridized carbons (Fsp3) is 0.333. The van der Waals surface area contributed by atoms with Crippen LogP contribution in [0, 0.1) is 5.82 Å². The molecule has 0 saturated carbocycles. The van der Waals surface area contributed by atoms with Crippen molar-refractivity contribution in [2.75, 3.05) is 13.9 Å². The van der Waals surface area contributed by atoms with Gasteiger partial charge in [-0.2, -0.15) is 0 Å². The predicted molar refractivity (Wildman–Crippen MR) is 56.2 cm³/mol. The highest BCUT2D eigenvalue weighted by Crippen LogP contribution is 2.27. The maximum atomic E-state index is 13.3. The molecule has 14 heavy (non-hydrogen) atoms. The monoisotopic (exact) mass is 282 g/mol. The Bertz CT molecular complexity index is 320. The van der Waals surface area contributed by atoms with E-state index in [4.69, 9.17) is 16.3 Å². The minimum atomic E-state index is -0.444. The van der Waals surface area contributed by atoms with Gasteiger partial charge in [0.15, 0.2) is 18.4 Å². The largest absolute Gasteiger partial charge is 0.464 e. The summed E-state index contributed by atoms with van der Waals surface area (Å²) in [7, 11) is 1.47. The zero-order valence-electron chi connectivity index (χ0n) is 7.52. The lowest BCUT2D eigenvalue weighted by atomic mass is 10.2. The van der Waals surface area contributed by atoms with Gasteiger partial charge in [0.05, 0.1) is 0 Å². The highest BCUT2D eigenvalue weighted by molar-refractivity contribution is 9.10. The van der Waals surface area contributed by atoms with Crippen LogP contribution in [0.1, 0.15) is 5.56 Å². The zero-order chi connectivity index (χ0) is 10.6. The van der Waals surface area contributed by atoms with E-state index in [0.29, 0.717) is 5.56 Å². The molecule has 1 rings (SSSR count). The van der Waals surface area contributed by atoms with E-state index in [1.807, 2.05) is 0 Å². The maximum absolute atomic E-state index is 13.3. The molecule has 0 N–H and O–H groups in total. The molecular weight excluding hydrogens is 274 g/mol. The number of hydrogen-bond donors (Lipinski definition) is 0. The summed E-state index contributed by atoms with van der Waals surface area (Å²) < 4.78 is 23.7. The Kier molecular flexibility index (Phi) is 4.65. The minimum Gasteiger partial charge on any atom is -0.464 e. The fourth-order valence-corrected chi connectivity index (χ4v) is 1.75. The molecule has 5 heteroatoms. The average molecular weight is 284 g/mol. The van der Waals surface area contributed by atoms with Gasteiger partial charge in [-0.1, -0.05) is 15.9 Å². The zero-order valence-corrected chi connectivity index (χ0v) is 9.86. The van der Waals surface area contributed by atoms with Crippen LogP contribution >= 0.6 is 27.5 Å². The normalized spacial score (nSPS) is 10.3. The van der Waals surface area contributed by atoms with Gasteiger partial charge in [0, 0.05) is 17.5 Å². The fourth-order valence-electron chi connectivity index (χ4n) is 0.905. The molecule has 0 radical (unpaired) electrons. The highest BCUT2D eigenvalue weighted by atomic mass is 79.9. The second-order valence-corrected chi connectivity index (χ2v) is 3.68. The third-order valence-electron chi connectivity index (χ3n) is 1.58. The van der Waals surface area contributed by atoms with Crippen molar-refractivity contribution >= 4 is 27.5 Å². The van der Waals surface area contributed by atoms with Crippen LogP contribution in [0.4, 0.5) is 4.39 Å². The van der Waals surface area contributed by atoms with Crippen LogP contribution in [0.15, 0.2) is 16.6 Å². The Morgan fingerprint density at radius 1 is 1.50 bits per heavy atom. The number of rotatable bonds is 4. The molecule has 0 spiro atoms. The molecule has 0 saturated heterocycles. The molecule has 0 atom stereocenters. The topological polar surface area (TPSA) is 18.5 Å². The molecule has 0 unspecified atom stereocenters. The second kappa shape index (κ2) is 5.53. The number of ether oxygens (including phenoxy) is 2. The molecule has 0 bridgehead atoms. The SMILES string of the molecule is COCOc1cc(Br)c(CCl)cc1F. The summed E-state index contributed by atoms with van der Waals surface area (Å²) in [6.45, 7) is 0.0174.